The van der Waals surface area contributed by atoms with Crippen LogP contribution >= 0.6 is 69.8 Å². The molecule has 14 rings (SSSR count). The first-order valence-electron chi connectivity index (χ1n) is 42.8. The van der Waals surface area contributed by atoms with Crippen LogP contribution in [0.2, 0.25) is 0 Å². The van der Waals surface area contributed by atoms with Crippen molar-refractivity contribution in [3.63, 3.8) is 0 Å². The van der Waals surface area contributed by atoms with Crippen LogP contribution in [-0.4, -0.2) is 86.3 Å². The van der Waals surface area contributed by atoms with Crippen LogP contribution in [0.25, 0.3) is 100 Å². The molecule has 14 aromatic rings. The number of hydrogen-bond acceptors (Lipinski definition) is 24. The van der Waals surface area contributed by atoms with Crippen LogP contribution in [0.4, 0.5) is 26.3 Å². The van der Waals surface area contributed by atoms with E-state index in [0.29, 0.717) is 94.3 Å². The monoisotopic (exact) mass is 2130 g/mol. The Hall–Kier alpha value is -12.2. The average Bonchev–Trinajstić information content (AvgIpc) is 1.58. The molecule has 0 amide bonds. The molecule has 0 N–H and O–H groups in total. The Labute approximate surface area is 837 Å². The summed E-state index contributed by atoms with van der Waals surface area (Å²) in [5.41, 5.74) is 11.5. The summed E-state index contributed by atoms with van der Waals surface area (Å²) in [4.78, 5) is 84.0. The van der Waals surface area contributed by atoms with Crippen LogP contribution < -0.4 is 29.1 Å². The van der Waals surface area contributed by atoms with E-state index >= 15 is 0 Å². The van der Waals surface area contributed by atoms with Crippen LogP contribution in [0.5, 0.6) is 23.0 Å². The van der Waals surface area contributed by atoms with E-state index in [2.05, 4.69) is 170 Å². The molecule has 22 nitrogen and oxygen atoms in total. The Morgan fingerprint density at radius 2 is 0.772 bits per heavy atom. The predicted octanol–water partition coefficient (Wildman–Crippen LogP) is 25.7. The van der Waals surface area contributed by atoms with Crippen molar-refractivity contribution in [2.75, 3.05) is 0 Å². The van der Waals surface area contributed by atoms with Crippen LogP contribution in [0.1, 0.15) is 196 Å². The van der Waals surface area contributed by atoms with Crippen LogP contribution in [0, 0.1) is 30.6 Å². The van der Waals surface area contributed by atoms with Crippen molar-refractivity contribution in [1.29, 1.82) is 0 Å². The maximum Gasteiger partial charge on any atom is 2.00 e. The van der Waals surface area contributed by atoms with E-state index in [1.807, 2.05) is 55.5 Å². The first-order valence-corrected chi connectivity index (χ1v) is 47.1. The maximum absolute atomic E-state index is 12.9. The third kappa shape index (κ3) is 36.5. The predicted molar refractivity (Wildman–Crippen MR) is 520 cm³/mol. The summed E-state index contributed by atoms with van der Waals surface area (Å²) in [5, 5.41) is 37.1. The van der Waals surface area contributed by atoms with Crippen molar-refractivity contribution in [2.45, 2.75) is 182 Å². The smallest absolute Gasteiger partial charge is 0.753 e. The van der Waals surface area contributed by atoms with Gasteiger partial charge >= 0.3 is 51.3 Å². The van der Waals surface area contributed by atoms with Gasteiger partial charge in [-0.05, 0) is 198 Å². The minimum atomic E-state index is -4.51. The molecule has 0 radical (unpaired) electrons. The zero-order valence-corrected chi connectivity index (χ0v) is 82.9. The number of thiocarbonyl (C=S) groups is 2. The Kier molecular flexibility index (Phi) is 48.6. The van der Waals surface area contributed by atoms with E-state index in [0.717, 1.165) is 94.0 Å². The number of halogens is 6. The first kappa shape index (κ1) is 111. The first-order chi connectivity index (χ1) is 65.1. The third-order valence-electron chi connectivity index (χ3n) is 19.7. The molecule has 14 aromatic heterocycles. The molecule has 0 aliphatic heterocycles. The molecule has 0 aromatic carbocycles. The van der Waals surface area contributed by atoms with Crippen molar-refractivity contribution in [2.24, 2.45) is 0 Å². The van der Waals surface area contributed by atoms with Gasteiger partial charge in [0, 0.05) is 99.3 Å². The quantitative estimate of drug-likeness (QED) is 0.00664. The van der Waals surface area contributed by atoms with E-state index in [1.165, 1.54) is 145 Å². The number of carbonyl (C=O) groups excluding carboxylic acids is 4. The van der Waals surface area contributed by atoms with E-state index in [1.54, 1.807) is 125 Å². The molecule has 0 saturated heterocycles. The zero-order chi connectivity index (χ0) is 95.9. The SMILES string of the molecule is CCCCCCCCCCc1ccsc1-c1ccnc(-c2cc(C(F)(F)F)n[n-]2)c1.CCCCCCc1cc(CCCCCC)c(-c2ccnc(-c3cc(C(F)(F)F)n[n-]3)c2)s1.CCCc1csc(C#Cc2ccnc(-c3cc(OC=O)cc(-c4cc(OC=O)ccn4)n3)c2)c1.Cc1csc(C#Cc2ccnc(-c3cc(OC=O)cc(-c4cc(OC=O)ccn4)n3)c2)c1.[N-]=C=S.[N-]=C=S.[Ru+2].[Ru+2]. The van der Waals surface area contributed by atoms with E-state index in [9.17, 15) is 45.5 Å². The van der Waals surface area contributed by atoms with Crippen molar-refractivity contribution >= 4 is 106 Å². The second-order valence-electron chi connectivity index (χ2n) is 29.6. The van der Waals surface area contributed by atoms with Crippen molar-refractivity contribution in [1.82, 2.24) is 60.3 Å². The number of pyridine rings is 8. The average molecular weight is 2130 g/mol. The summed E-state index contributed by atoms with van der Waals surface area (Å²) in [6, 6.07) is 37.8. The second-order valence-corrected chi connectivity index (χ2v) is 33.9. The van der Waals surface area contributed by atoms with Crippen LogP contribution in [0.3, 0.4) is 0 Å². The number of alkyl halides is 6. The maximum atomic E-state index is 12.9. The van der Waals surface area contributed by atoms with Gasteiger partial charge in [0.25, 0.3) is 25.9 Å². The van der Waals surface area contributed by atoms with E-state index in [4.69, 9.17) is 29.8 Å². The van der Waals surface area contributed by atoms with Crippen molar-refractivity contribution in [3.8, 4) is 136 Å². The molecule has 0 saturated carbocycles. The summed E-state index contributed by atoms with van der Waals surface area (Å²) in [7, 11) is 0. The number of thiophene rings is 4. The molecule has 0 aliphatic carbocycles. The minimum Gasteiger partial charge on any atom is -0.753 e. The topological polar surface area (TPSA) is 307 Å². The molecule has 0 bridgehead atoms. The largest absolute Gasteiger partial charge is 2.00 e. The summed E-state index contributed by atoms with van der Waals surface area (Å²) in [6.07, 6.45) is 25.8. The van der Waals surface area contributed by atoms with Gasteiger partial charge in [-0.3, -0.25) is 49.1 Å². The fourth-order valence-electron chi connectivity index (χ4n) is 13.3. The van der Waals surface area contributed by atoms with E-state index in [-0.39, 0.29) is 61.8 Å². The Bertz CT molecular complexity index is 6330. The molecule has 0 unspecified atom stereocenters. The molecule has 136 heavy (non-hydrogen) atoms. The van der Waals surface area contributed by atoms with Gasteiger partial charge in [-0.1, -0.05) is 177 Å². The minimum absolute atomic E-state index is 0. The second kappa shape index (κ2) is 59.7. The molecule has 36 heteroatoms. The number of isothiocyanates is 2. The molecular weight excluding hydrogens is 2030 g/mol. The summed E-state index contributed by atoms with van der Waals surface area (Å²) >= 11 is 14.1. The third-order valence-corrected chi connectivity index (χ3v) is 23.8. The Balaban J connectivity index is 0.000000241. The van der Waals surface area contributed by atoms with Gasteiger partial charge in [-0.2, -0.15) is 36.7 Å². The Morgan fingerprint density at radius 1 is 0.390 bits per heavy atom. The van der Waals surface area contributed by atoms with Gasteiger partial charge in [0.15, 0.2) is 0 Å². The zero-order valence-electron chi connectivity index (χ0n) is 74.5. The number of rotatable bonds is 37. The Morgan fingerprint density at radius 3 is 1.21 bits per heavy atom. The number of aromatic nitrogens is 12. The number of aryl methyl sites for hydroxylation is 5. The van der Waals surface area contributed by atoms with Gasteiger partial charge < -0.3 is 50.2 Å². The van der Waals surface area contributed by atoms with Crippen molar-refractivity contribution in [3.05, 3.63) is 257 Å². The summed E-state index contributed by atoms with van der Waals surface area (Å²) in [6.45, 7) is 12.2. The van der Waals surface area contributed by atoms with Crippen LogP contribution in [0.15, 0.2) is 187 Å². The van der Waals surface area contributed by atoms with Gasteiger partial charge in [-0.25, -0.2) is 9.97 Å². The van der Waals surface area contributed by atoms with Gasteiger partial charge in [0.2, 0.25) is 0 Å². The number of ether oxygens (including phenoxy) is 4. The van der Waals surface area contributed by atoms with Gasteiger partial charge in [0.05, 0.1) is 66.7 Å². The molecule has 0 atom stereocenters. The summed E-state index contributed by atoms with van der Waals surface area (Å²) < 4.78 is 97.1. The molecular formula is C100H92F6N14O8Ru2S6. The molecule has 14 heterocycles. The molecule has 0 aliphatic rings. The molecule has 0 fully saturated rings. The molecule has 0 spiro atoms. The van der Waals surface area contributed by atoms with Gasteiger partial charge in [0.1, 0.15) is 34.4 Å². The standard InChI is InChI=1S/C26H19N3O4S.C25H31F3N3S.C24H15N3O4S.C23H27F3N3S.2CNS.2Ru/c1-2-3-19-10-22(34-15-19)5-4-18-6-8-27-23(11-18)25-13-21(33-17-31)14-26(29-25)24-12-20(32-16-30)7-9-28-24;1-3-5-7-9-11-18-15-20(12-10-8-6-4-2)32-24(18)19-13-14-29-21(16-19)22-17-23(31-30-22)25(26,27)28;1-16-8-20(32-13-16)3-2-17-4-6-25-21(9-17)23-11-19(31-15-29)12-24(27-23)22-10-18(30-14-28)5-7-26-22;1-2-3-4-5-6-7-8-9-10-17-12-14-30-22(17)18-11-13-27-19(15-18)20-16-21(29-28-20)23(24,25)26;2*2-1-3;;/h6-17H,2-3H2,1H3;13-17H,3-12H2,1-2H3;4-15H,1H3;11-16H,2-10H2,1H3;;;;/q;-1;;3*-1;2*+2. The van der Waals surface area contributed by atoms with Crippen molar-refractivity contribution < 1.29 is 103 Å². The van der Waals surface area contributed by atoms with Gasteiger partial charge in [-0.15, -0.1) is 45.3 Å². The molecule has 704 valence electrons. The number of unbranched alkanes of at least 4 members (excludes halogenated alkanes) is 13. The number of nitrogens with zero attached hydrogens (tertiary/aromatic N) is 14. The summed E-state index contributed by atoms with van der Waals surface area (Å²) in [5.74, 6) is 13.8. The van der Waals surface area contributed by atoms with E-state index < -0.39 is 23.7 Å². The number of hydrogen-bond donors (Lipinski definition) is 0. The fraction of sp³-hybridized carbons (Fsp3) is 0.280. The number of carbonyl (C=O) groups is 4. The normalized spacial score (nSPS) is 10.4. The fourth-order valence-corrected chi connectivity index (χ4v) is 17.1. The van der Waals surface area contributed by atoms with Crippen LogP contribution in [-0.2, 0) is 96.2 Å².